The first-order chi connectivity index (χ1) is 8.90. The Morgan fingerprint density at radius 3 is 2.53 bits per heavy atom. The van der Waals surface area contributed by atoms with E-state index in [-0.39, 0.29) is 5.69 Å². The minimum absolute atomic E-state index is 0.205. The topological polar surface area (TPSA) is 48.4 Å². The second-order valence-corrected chi connectivity index (χ2v) is 5.23. The van der Waals surface area contributed by atoms with Crippen molar-refractivity contribution in [1.82, 2.24) is 4.98 Å². The molecule has 0 bridgehead atoms. The molecule has 4 nitrogen and oxygen atoms in total. The second-order valence-electron chi connectivity index (χ2n) is 5.23. The van der Waals surface area contributed by atoms with E-state index in [1.54, 1.807) is 6.07 Å². The number of para-hydroxylation sites is 1. The summed E-state index contributed by atoms with van der Waals surface area (Å²) in [5.41, 5.74) is 0.385. The van der Waals surface area contributed by atoms with Gasteiger partial charge in [-0.1, -0.05) is 18.2 Å². The van der Waals surface area contributed by atoms with Crippen LogP contribution < -0.4 is 4.74 Å². The smallest absolute Gasteiger partial charge is 0.361 e. The molecule has 100 valence electrons. The Morgan fingerprint density at radius 1 is 1.21 bits per heavy atom. The largest absolute Gasteiger partial charge is 0.494 e. The Kier molecular flexibility index (Phi) is 3.42. The van der Waals surface area contributed by atoms with Gasteiger partial charge in [0.25, 0.3) is 0 Å². The average Bonchev–Trinajstić information content (AvgIpc) is 2.35. The molecule has 0 saturated carbocycles. The first-order valence-corrected chi connectivity index (χ1v) is 6.08. The van der Waals surface area contributed by atoms with Crippen LogP contribution in [0.4, 0.5) is 0 Å². The molecule has 0 aliphatic carbocycles. The highest BCUT2D eigenvalue weighted by Gasteiger charge is 2.22. The summed E-state index contributed by atoms with van der Waals surface area (Å²) >= 11 is 0. The number of rotatable bonds is 2. The lowest BCUT2D eigenvalue weighted by molar-refractivity contribution is 0.00600. The first kappa shape index (κ1) is 13.3. The molecule has 0 fully saturated rings. The van der Waals surface area contributed by atoms with Crippen molar-refractivity contribution in [2.75, 3.05) is 7.11 Å². The Morgan fingerprint density at radius 2 is 1.89 bits per heavy atom. The van der Waals surface area contributed by atoms with E-state index in [1.165, 1.54) is 7.11 Å². The van der Waals surface area contributed by atoms with Crippen molar-refractivity contribution < 1.29 is 14.3 Å². The molecular weight excluding hydrogens is 242 g/mol. The summed E-state index contributed by atoms with van der Waals surface area (Å²) in [6.07, 6.45) is 0. The van der Waals surface area contributed by atoms with Crippen LogP contribution in [0.2, 0.25) is 0 Å². The van der Waals surface area contributed by atoms with Crippen LogP contribution in [0.3, 0.4) is 0 Å². The highest BCUT2D eigenvalue weighted by atomic mass is 16.6. The Hall–Kier alpha value is -2.10. The maximum absolute atomic E-state index is 12.1. The third-order valence-corrected chi connectivity index (χ3v) is 2.50. The summed E-state index contributed by atoms with van der Waals surface area (Å²) in [5, 5.41) is 0.923. The van der Waals surface area contributed by atoms with E-state index in [0.717, 1.165) is 10.9 Å². The van der Waals surface area contributed by atoms with E-state index in [9.17, 15) is 4.79 Å². The number of methoxy groups -OCH3 is 1. The van der Waals surface area contributed by atoms with Crippen LogP contribution in [0.5, 0.6) is 5.75 Å². The standard InChI is InChI=1S/C15H17NO3/c1-15(2,3)19-14(17)13-12(18-4)9-10-7-5-6-8-11(10)16-13/h5-9H,1-4H3. The van der Waals surface area contributed by atoms with Crippen LogP contribution in [0.25, 0.3) is 10.9 Å². The van der Waals surface area contributed by atoms with Gasteiger partial charge in [-0.3, -0.25) is 0 Å². The lowest BCUT2D eigenvalue weighted by atomic mass is 10.1. The normalized spacial score (nSPS) is 11.4. The number of nitrogens with zero attached hydrogens (tertiary/aromatic N) is 1. The van der Waals surface area contributed by atoms with Crippen LogP contribution in [-0.4, -0.2) is 23.7 Å². The van der Waals surface area contributed by atoms with Gasteiger partial charge in [0.1, 0.15) is 5.60 Å². The van der Waals surface area contributed by atoms with Crippen molar-refractivity contribution >= 4 is 16.9 Å². The lowest BCUT2D eigenvalue weighted by Gasteiger charge is -2.20. The summed E-state index contributed by atoms with van der Waals surface area (Å²) in [5.74, 6) is -0.0527. The molecule has 1 heterocycles. The molecule has 1 aromatic heterocycles. The first-order valence-electron chi connectivity index (χ1n) is 6.08. The monoisotopic (exact) mass is 259 g/mol. The highest BCUT2D eigenvalue weighted by molar-refractivity contribution is 5.94. The van der Waals surface area contributed by atoms with Crippen LogP contribution >= 0.6 is 0 Å². The third kappa shape index (κ3) is 3.02. The molecule has 0 amide bonds. The maximum Gasteiger partial charge on any atom is 0.361 e. The molecule has 0 aliphatic heterocycles. The van der Waals surface area contributed by atoms with E-state index in [4.69, 9.17) is 9.47 Å². The quantitative estimate of drug-likeness (QED) is 0.777. The summed E-state index contributed by atoms with van der Waals surface area (Å²) in [6.45, 7) is 5.45. The molecule has 2 aromatic rings. The number of hydrogen-bond acceptors (Lipinski definition) is 4. The Labute approximate surface area is 112 Å². The predicted molar refractivity (Wildman–Crippen MR) is 73.5 cm³/mol. The van der Waals surface area contributed by atoms with Gasteiger partial charge < -0.3 is 9.47 Å². The van der Waals surface area contributed by atoms with Crippen molar-refractivity contribution in [3.8, 4) is 5.75 Å². The fourth-order valence-corrected chi connectivity index (χ4v) is 1.72. The van der Waals surface area contributed by atoms with E-state index in [2.05, 4.69) is 4.98 Å². The number of esters is 1. The number of benzene rings is 1. The molecule has 0 unspecified atom stereocenters. The Balaban J connectivity index is 2.49. The summed E-state index contributed by atoms with van der Waals surface area (Å²) in [4.78, 5) is 16.4. The lowest BCUT2D eigenvalue weighted by Crippen LogP contribution is -2.24. The van der Waals surface area contributed by atoms with Gasteiger partial charge in [0.2, 0.25) is 0 Å². The van der Waals surface area contributed by atoms with Crippen molar-refractivity contribution in [3.63, 3.8) is 0 Å². The SMILES string of the molecule is COc1cc2ccccc2nc1C(=O)OC(C)(C)C. The van der Waals surface area contributed by atoms with E-state index < -0.39 is 11.6 Å². The number of aromatic nitrogens is 1. The molecule has 19 heavy (non-hydrogen) atoms. The van der Waals surface area contributed by atoms with Gasteiger partial charge >= 0.3 is 5.97 Å². The molecule has 0 aliphatic rings. The molecule has 4 heteroatoms. The minimum Gasteiger partial charge on any atom is -0.494 e. The molecule has 0 atom stereocenters. The summed E-state index contributed by atoms with van der Waals surface area (Å²) < 4.78 is 10.6. The molecular formula is C15H17NO3. The number of pyridine rings is 1. The third-order valence-electron chi connectivity index (χ3n) is 2.50. The number of ether oxygens (including phenoxy) is 2. The molecule has 0 spiro atoms. The molecule has 2 rings (SSSR count). The predicted octanol–water partition coefficient (Wildman–Crippen LogP) is 3.20. The second kappa shape index (κ2) is 4.88. The molecule has 1 aromatic carbocycles. The van der Waals surface area contributed by atoms with Crippen LogP contribution in [0, 0.1) is 0 Å². The van der Waals surface area contributed by atoms with Gasteiger partial charge in [-0.15, -0.1) is 0 Å². The van der Waals surface area contributed by atoms with Gasteiger partial charge in [0.15, 0.2) is 11.4 Å². The summed E-state index contributed by atoms with van der Waals surface area (Å²) in [7, 11) is 1.51. The molecule has 0 saturated heterocycles. The van der Waals surface area contributed by atoms with Crippen LogP contribution in [0.1, 0.15) is 31.3 Å². The maximum atomic E-state index is 12.1. The fraction of sp³-hybridized carbons (Fsp3) is 0.333. The van der Waals surface area contributed by atoms with Gasteiger partial charge in [-0.25, -0.2) is 9.78 Å². The number of carbonyl (C=O) groups excluding carboxylic acids is 1. The van der Waals surface area contributed by atoms with Gasteiger partial charge in [0, 0.05) is 5.39 Å². The highest BCUT2D eigenvalue weighted by Crippen LogP contribution is 2.24. The van der Waals surface area contributed by atoms with Crippen molar-refractivity contribution in [2.45, 2.75) is 26.4 Å². The zero-order chi connectivity index (χ0) is 14.0. The van der Waals surface area contributed by atoms with Crippen molar-refractivity contribution in [3.05, 3.63) is 36.0 Å². The summed E-state index contributed by atoms with van der Waals surface area (Å²) in [6, 6.07) is 9.35. The van der Waals surface area contributed by atoms with Crippen LogP contribution in [0.15, 0.2) is 30.3 Å². The molecule has 0 radical (unpaired) electrons. The van der Waals surface area contributed by atoms with E-state index >= 15 is 0 Å². The van der Waals surface area contributed by atoms with Crippen LogP contribution in [-0.2, 0) is 4.74 Å². The van der Waals surface area contributed by atoms with Crippen molar-refractivity contribution in [2.24, 2.45) is 0 Å². The van der Waals surface area contributed by atoms with Crippen molar-refractivity contribution in [1.29, 1.82) is 0 Å². The van der Waals surface area contributed by atoms with Gasteiger partial charge in [-0.2, -0.15) is 0 Å². The molecule has 0 N–H and O–H groups in total. The zero-order valence-corrected chi connectivity index (χ0v) is 11.6. The minimum atomic E-state index is -0.560. The zero-order valence-electron chi connectivity index (χ0n) is 11.6. The fourth-order valence-electron chi connectivity index (χ4n) is 1.72. The number of hydrogen-bond donors (Lipinski definition) is 0. The van der Waals surface area contributed by atoms with E-state index in [0.29, 0.717) is 5.75 Å². The number of carbonyl (C=O) groups is 1. The van der Waals surface area contributed by atoms with E-state index in [1.807, 2.05) is 45.0 Å². The van der Waals surface area contributed by atoms with Gasteiger partial charge in [0.05, 0.1) is 12.6 Å². The number of fused-ring (bicyclic) bond motifs is 1. The Bertz CT molecular complexity index is 614. The average molecular weight is 259 g/mol. The van der Waals surface area contributed by atoms with Gasteiger partial charge in [-0.05, 0) is 32.9 Å².